The fourth-order valence-electron chi connectivity index (χ4n) is 4.13. The zero-order valence-corrected chi connectivity index (χ0v) is 16.1. The zero-order chi connectivity index (χ0) is 17.2. The first kappa shape index (κ1) is 20.2. The maximum atomic E-state index is 13.0. The van der Waals surface area contributed by atoms with E-state index in [9.17, 15) is 9.90 Å². The maximum Gasteiger partial charge on any atom is 0.230 e. The van der Waals surface area contributed by atoms with Crippen LogP contribution < -0.4 is 10.6 Å². The van der Waals surface area contributed by atoms with Crippen LogP contribution in [0.3, 0.4) is 0 Å². The molecule has 0 spiro atoms. The van der Waals surface area contributed by atoms with Gasteiger partial charge in [0.2, 0.25) is 5.91 Å². The first-order valence-corrected chi connectivity index (χ1v) is 9.30. The van der Waals surface area contributed by atoms with Crippen LogP contribution in [0, 0.1) is 5.92 Å². The Morgan fingerprint density at radius 3 is 2.40 bits per heavy atom. The van der Waals surface area contributed by atoms with Crippen molar-refractivity contribution in [1.29, 1.82) is 0 Å². The molecule has 3 N–H and O–H groups in total. The summed E-state index contributed by atoms with van der Waals surface area (Å²) in [6, 6.07) is 8.62. The summed E-state index contributed by atoms with van der Waals surface area (Å²) < 4.78 is 0. The first-order chi connectivity index (χ1) is 11.5. The van der Waals surface area contributed by atoms with Gasteiger partial charge < -0.3 is 15.7 Å². The van der Waals surface area contributed by atoms with Crippen LogP contribution in [0.2, 0.25) is 0 Å². The van der Waals surface area contributed by atoms with Gasteiger partial charge in [-0.05, 0) is 29.9 Å². The average Bonchev–Trinajstić information content (AvgIpc) is 3.22. The molecule has 2 atom stereocenters. The standard InChI is InChI=1S/C20H30N2O2.ClH/c1-14(2)15-5-7-17(8-6-15)20(9-3-4-10-20)19(24)22-12-16-11-21-13-18(16)23;/h5-8,14,16,18,21,23H,3-4,9-13H2,1-2H3,(H,22,24);1H. The molecule has 1 saturated heterocycles. The molecule has 1 aliphatic carbocycles. The molecule has 0 bridgehead atoms. The van der Waals surface area contributed by atoms with Crippen molar-refractivity contribution in [2.24, 2.45) is 5.92 Å². The van der Waals surface area contributed by atoms with E-state index in [1.807, 2.05) is 0 Å². The van der Waals surface area contributed by atoms with Gasteiger partial charge in [-0.25, -0.2) is 0 Å². The average molecular weight is 367 g/mol. The highest BCUT2D eigenvalue weighted by Gasteiger charge is 2.43. The number of rotatable bonds is 5. The second-order valence-corrected chi connectivity index (χ2v) is 7.76. The van der Waals surface area contributed by atoms with E-state index in [1.54, 1.807) is 0 Å². The second-order valence-electron chi connectivity index (χ2n) is 7.76. The topological polar surface area (TPSA) is 61.4 Å². The summed E-state index contributed by atoms with van der Waals surface area (Å²) in [7, 11) is 0. The van der Waals surface area contributed by atoms with Crippen molar-refractivity contribution in [3.05, 3.63) is 35.4 Å². The third-order valence-electron chi connectivity index (χ3n) is 5.85. The van der Waals surface area contributed by atoms with Crippen LogP contribution >= 0.6 is 12.4 Å². The summed E-state index contributed by atoms with van der Waals surface area (Å²) in [5.74, 6) is 0.760. The predicted octanol–water partition coefficient (Wildman–Crippen LogP) is 2.74. The lowest BCUT2D eigenvalue weighted by Gasteiger charge is -2.29. The van der Waals surface area contributed by atoms with Crippen LogP contribution in [0.15, 0.2) is 24.3 Å². The number of aliphatic hydroxyl groups excluding tert-OH is 1. The molecule has 1 aromatic rings. The molecule has 1 aliphatic heterocycles. The summed E-state index contributed by atoms with van der Waals surface area (Å²) in [6.07, 6.45) is 3.70. The molecule has 25 heavy (non-hydrogen) atoms. The van der Waals surface area contributed by atoms with Gasteiger partial charge in [-0.1, -0.05) is 51.0 Å². The summed E-state index contributed by atoms with van der Waals surface area (Å²) in [5.41, 5.74) is 2.08. The van der Waals surface area contributed by atoms with E-state index in [1.165, 1.54) is 5.56 Å². The third-order valence-corrected chi connectivity index (χ3v) is 5.85. The van der Waals surface area contributed by atoms with Crippen LogP contribution in [0.5, 0.6) is 0 Å². The number of carbonyl (C=O) groups is 1. The summed E-state index contributed by atoms with van der Waals surface area (Å²) in [6.45, 7) is 6.33. The molecule has 4 nitrogen and oxygen atoms in total. The van der Waals surface area contributed by atoms with Gasteiger partial charge in [0.15, 0.2) is 0 Å². The van der Waals surface area contributed by atoms with E-state index >= 15 is 0 Å². The minimum absolute atomic E-state index is 0. The lowest BCUT2D eigenvalue weighted by molar-refractivity contribution is -0.126. The Bertz CT molecular complexity index is 568. The van der Waals surface area contributed by atoms with Gasteiger partial charge in [0.05, 0.1) is 11.5 Å². The number of carbonyl (C=O) groups excluding carboxylic acids is 1. The molecular weight excluding hydrogens is 336 g/mol. The van der Waals surface area contributed by atoms with Gasteiger partial charge in [-0.15, -0.1) is 12.4 Å². The molecule has 140 valence electrons. The van der Waals surface area contributed by atoms with Crippen molar-refractivity contribution < 1.29 is 9.90 Å². The van der Waals surface area contributed by atoms with Crippen molar-refractivity contribution in [2.75, 3.05) is 19.6 Å². The zero-order valence-electron chi connectivity index (χ0n) is 15.3. The molecule has 2 unspecified atom stereocenters. The van der Waals surface area contributed by atoms with Crippen molar-refractivity contribution in [3.8, 4) is 0 Å². The Kier molecular flexibility index (Phi) is 6.89. The summed E-state index contributed by atoms with van der Waals surface area (Å²) >= 11 is 0. The van der Waals surface area contributed by atoms with E-state index in [0.29, 0.717) is 19.0 Å². The number of hydrogen-bond donors (Lipinski definition) is 3. The Morgan fingerprint density at radius 1 is 1.24 bits per heavy atom. The molecule has 5 heteroatoms. The quantitative estimate of drug-likeness (QED) is 0.750. The van der Waals surface area contributed by atoms with Gasteiger partial charge in [-0.2, -0.15) is 0 Å². The minimum atomic E-state index is -0.382. The Morgan fingerprint density at radius 2 is 1.88 bits per heavy atom. The number of benzene rings is 1. The second kappa shape index (κ2) is 8.52. The van der Waals surface area contributed by atoms with E-state index in [-0.39, 0.29) is 35.8 Å². The third kappa shape index (κ3) is 4.18. The van der Waals surface area contributed by atoms with Crippen LogP contribution in [0.1, 0.15) is 56.6 Å². The van der Waals surface area contributed by atoms with Crippen molar-refractivity contribution in [3.63, 3.8) is 0 Å². The molecule has 1 aromatic carbocycles. The highest BCUT2D eigenvalue weighted by Crippen LogP contribution is 2.41. The molecule has 1 saturated carbocycles. The van der Waals surface area contributed by atoms with Gasteiger partial charge in [0.25, 0.3) is 0 Å². The largest absolute Gasteiger partial charge is 0.391 e. The highest BCUT2D eigenvalue weighted by molar-refractivity contribution is 5.88. The highest BCUT2D eigenvalue weighted by atomic mass is 35.5. The number of aliphatic hydroxyl groups is 1. The van der Waals surface area contributed by atoms with Gasteiger partial charge in [0, 0.05) is 25.6 Å². The monoisotopic (exact) mass is 366 g/mol. The molecule has 1 amide bonds. The Balaban J connectivity index is 0.00000225. The van der Waals surface area contributed by atoms with Crippen LogP contribution in [-0.4, -0.2) is 36.8 Å². The molecule has 2 aliphatic rings. The molecular formula is C20H31ClN2O2. The van der Waals surface area contributed by atoms with Crippen LogP contribution in [0.4, 0.5) is 0 Å². The van der Waals surface area contributed by atoms with Crippen molar-refractivity contribution >= 4 is 18.3 Å². The van der Waals surface area contributed by atoms with Crippen LogP contribution in [-0.2, 0) is 10.2 Å². The van der Waals surface area contributed by atoms with Gasteiger partial charge >= 0.3 is 0 Å². The van der Waals surface area contributed by atoms with E-state index in [4.69, 9.17) is 0 Å². The molecule has 1 heterocycles. The number of halogens is 1. The SMILES string of the molecule is CC(C)c1ccc(C2(C(=O)NCC3CNCC3O)CCCC2)cc1.Cl. The first-order valence-electron chi connectivity index (χ1n) is 9.30. The molecule has 2 fully saturated rings. The fraction of sp³-hybridized carbons (Fsp3) is 0.650. The van der Waals surface area contributed by atoms with Gasteiger partial charge in [0.1, 0.15) is 0 Å². The number of hydrogen-bond acceptors (Lipinski definition) is 3. The molecule has 0 aromatic heterocycles. The van der Waals surface area contributed by atoms with Crippen molar-refractivity contribution in [1.82, 2.24) is 10.6 Å². The fourth-order valence-corrected chi connectivity index (χ4v) is 4.13. The summed E-state index contributed by atoms with van der Waals surface area (Å²) in [5, 5.41) is 16.2. The summed E-state index contributed by atoms with van der Waals surface area (Å²) in [4.78, 5) is 13.0. The number of β-amino-alcohol motifs (C(OH)–C–C–N with tert-alkyl or cyclic N) is 1. The molecule has 0 radical (unpaired) electrons. The minimum Gasteiger partial charge on any atom is -0.391 e. The Labute approximate surface area is 157 Å². The lowest BCUT2D eigenvalue weighted by Crippen LogP contribution is -2.45. The predicted molar refractivity (Wildman–Crippen MR) is 103 cm³/mol. The van der Waals surface area contributed by atoms with Crippen molar-refractivity contribution in [2.45, 2.75) is 57.0 Å². The lowest BCUT2D eigenvalue weighted by atomic mass is 9.77. The maximum absolute atomic E-state index is 13.0. The Hall–Kier alpha value is -1.10. The molecule has 3 rings (SSSR count). The smallest absolute Gasteiger partial charge is 0.230 e. The van der Waals surface area contributed by atoms with E-state index in [2.05, 4.69) is 48.7 Å². The van der Waals surface area contributed by atoms with E-state index < -0.39 is 0 Å². The number of amides is 1. The van der Waals surface area contributed by atoms with Gasteiger partial charge in [-0.3, -0.25) is 4.79 Å². The normalized spacial score (nSPS) is 25.0. The number of nitrogens with one attached hydrogen (secondary N) is 2. The van der Waals surface area contributed by atoms with Crippen LogP contribution in [0.25, 0.3) is 0 Å². The van der Waals surface area contributed by atoms with E-state index in [0.717, 1.165) is 37.8 Å².